The van der Waals surface area contributed by atoms with E-state index in [1.54, 1.807) is 0 Å². The first kappa shape index (κ1) is 11.6. The van der Waals surface area contributed by atoms with Crippen molar-refractivity contribution in [3.8, 4) is 11.5 Å². The molecular formula is C8H10N4O4S. The Morgan fingerprint density at radius 1 is 1.00 bits per heavy atom. The van der Waals surface area contributed by atoms with Crippen molar-refractivity contribution >= 4 is 23.2 Å². The van der Waals surface area contributed by atoms with E-state index in [9.17, 15) is 9.59 Å². The maximum Gasteiger partial charge on any atom is 0.279 e. The zero-order valence-corrected chi connectivity index (χ0v) is 9.43. The molecule has 0 atom stereocenters. The third-order valence-electron chi connectivity index (χ3n) is 2.07. The van der Waals surface area contributed by atoms with Gasteiger partial charge in [-0.05, 0) is 0 Å². The molecule has 2 rings (SSSR count). The van der Waals surface area contributed by atoms with Crippen LogP contribution in [-0.4, -0.2) is 25.0 Å². The lowest BCUT2D eigenvalue weighted by Gasteiger charge is -2.16. The predicted molar refractivity (Wildman–Crippen MR) is 58.6 cm³/mol. The highest BCUT2D eigenvalue weighted by atomic mass is 32.1. The third-order valence-corrected chi connectivity index (χ3v) is 3.22. The fourth-order valence-electron chi connectivity index (χ4n) is 1.38. The lowest BCUT2D eigenvalue weighted by molar-refractivity contribution is 0.0934. The molecule has 1 aromatic heterocycles. The molecule has 0 spiro atoms. The Kier molecular flexibility index (Phi) is 3.13. The molecule has 1 aliphatic heterocycles. The first-order chi connectivity index (χ1) is 8.19. The molecule has 2 heterocycles. The van der Waals surface area contributed by atoms with Gasteiger partial charge >= 0.3 is 0 Å². The summed E-state index contributed by atoms with van der Waals surface area (Å²) in [5.74, 6) is 9.43. The van der Waals surface area contributed by atoms with Crippen molar-refractivity contribution in [1.82, 2.24) is 10.9 Å². The summed E-state index contributed by atoms with van der Waals surface area (Å²) in [6.07, 6.45) is 0. The topological polar surface area (TPSA) is 129 Å². The van der Waals surface area contributed by atoms with Gasteiger partial charge in [0.05, 0.1) is 0 Å². The number of amides is 2. The van der Waals surface area contributed by atoms with Gasteiger partial charge in [0.1, 0.15) is 23.0 Å². The molecule has 8 nitrogen and oxygen atoms in total. The number of nitrogens with two attached hydrogens (primary N) is 2. The van der Waals surface area contributed by atoms with Gasteiger partial charge in [-0.15, -0.1) is 11.3 Å². The fraction of sp³-hybridized carbons (Fsp3) is 0.250. The van der Waals surface area contributed by atoms with Crippen molar-refractivity contribution in [3.05, 3.63) is 9.75 Å². The number of carbonyl (C=O) groups excluding carboxylic acids is 2. The van der Waals surface area contributed by atoms with Gasteiger partial charge in [0, 0.05) is 0 Å². The van der Waals surface area contributed by atoms with Gasteiger partial charge in [-0.1, -0.05) is 0 Å². The number of ether oxygens (including phenoxy) is 2. The van der Waals surface area contributed by atoms with Crippen LogP contribution in [0.25, 0.3) is 0 Å². The van der Waals surface area contributed by atoms with Crippen LogP contribution >= 0.6 is 11.3 Å². The van der Waals surface area contributed by atoms with E-state index < -0.39 is 11.8 Å². The SMILES string of the molecule is NNC(=O)c1sc(C(=O)NN)c2c1OCCO2. The zero-order chi connectivity index (χ0) is 12.4. The van der Waals surface area contributed by atoms with Crippen LogP contribution in [0.5, 0.6) is 11.5 Å². The molecule has 92 valence electrons. The molecule has 9 heteroatoms. The molecule has 0 aromatic carbocycles. The van der Waals surface area contributed by atoms with Crippen LogP contribution < -0.4 is 32.0 Å². The highest BCUT2D eigenvalue weighted by molar-refractivity contribution is 7.16. The Bertz CT molecular complexity index is 432. The molecule has 0 fully saturated rings. The van der Waals surface area contributed by atoms with Crippen LogP contribution in [0.2, 0.25) is 0 Å². The quantitative estimate of drug-likeness (QED) is 0.297. The highest BCUT2D eigenvalue weighted by Gasteiger charge is 2.30. The summed E-state index contributed by atoms with van der Waals surface area (Å²) in [6, 6.07) is 0. The van der Waals surface area contributed by atoms with E-state index in [1.807, 2.05) is 10.9 Å². The van der Waals surface area contributed by atoms with E-state index in [1.165, 1.54) is 0 Å². The van der Waals surface area contributed by atoms with Gasteiger partial charge < -0.3 is 9.47 Å². The smallest absolute Gasteiger partial charge is 0.279 e. The van der Waals surface area contributed by atoms with Crippen molar-refractivity contribution in [3.63, 3.8) is 0 Å². The molecule has 17 heavy (non-hydrogen) atoms. The van der Waals surface area contributed by atoms with Crippen molar-refractivity contribution in [2.24, 2.45) is 11.7 Å². The van der Waals surface area contributed by atoms with Gasteiger partial charge in [0.2, 0.25) is 0 Å². The molecule has 2 amide bonds. The van der Waals surface area contributed by atoms with E-state index in [-0.39, 0.29) is 21.3 Å². The minimum atomic E-state index is -0.548. The molecule has 0 bridgehead atoms. The molecule has 6 N–H and O–H groups in total. The second kappa shape index (κ2) is 4.57. The number of rotatable bonds is 2. The van der Waals surface area contributed by atoms with E-state index >= 15 is 0 Å². The van der Waals surface area contributed by atoms with Crippen LogP contribution in [0.4, 0.5) is 0 Å². The molecular weight excluding hydrogens is 248 g/mol. The maximum atomic E-state index is 11.5. The summed E-state index contributed by atoms with van der Waals surface area (Å²) in [4.78, 5) is 23.3. The number of thiophene rings is 1. The molecule has 1 aromatic rings. The second-order valence-electron chi connectivity index (χ2n) is 3.06. The summed E-state index contributed by atoms with van der Waals surface area (Å²) in [5.41, 5.74) is 3.95. The Labute approximate surface area is 99.8 Å². The van der Waals surface area contributed by atoms with Gasteiger partial charge in [-0.25, -0.2) is 11.7 Å². The van der Waals surface area contributed by atoms with Crippen molar-refractivity contribution in [2.45, 2.75) is 0 Å². The summed E-state index contributed by atoms with van der Waals surface area (Å²) >= 11 is 0.907. The Hall–Kier alpha value is -1.84. The minimum absolute atomic E-state index is 0.181. The van der Waals surface area contributed by atoms with Gasteiger partial charge in [0.15, 0.2) is 11.5 Å². The van der Waals surface area contributed by atoms with Crippen molar-refractivity contribution in [2.75, 3.05) is 13.2 Å². The first-order valence-corrected chi connectivity index (χ1v) is 5.45. The monoisotopic (exact) mass is 258 g/mol. The zero-order valence-electron chi connectivity index (χ0n) is 8.61. The van der Waals surface area contributed by atoms with Crippen LogP contribution in [0.3, 0.4) is 0 Å². The molecule has 0 saturated carbocycles. The first-order valence-electron chi connectivity index (χ1n) is 4.63. The maximum absolute atomic E-state index is 11.5. The number of hydrazine groups is 2. The minimum Gasteiger partial charge on any atom is -0.484 e. The van der Waals surface area contributed by atoms with Crippen LogP contribution in [0.1, 0.15) is 19.3 Å². The molecule has 0 saturated heterocycles. The number of fused-ring (bicyclic) bond motifs is 1. The number of nitrogens with one attached hydrogen (secondary N) is 2. The summed E-state index contributed by atoms with van der Waals surface area (Å²) < 4.78 is 10.6. The lowest BCUT2D eigenvalue weighted by Crippen LogP contribution is -2.30. The Morgan fingerprint density at radius 3 is 1.76 bits per heavy atom. The Morgan fingerprint density at radius 2 is 1.41 bits per heavy atom. The third kappa shape index (κ3) is 1.90. The molecule has 0 unspecified atom stereocenters. The molecule has 0 radical (unpaired) electrons. The number of hydrogen-bond donors (Lipinski definition) is 4. The average molecular weight is 258 g/mol. The summed E-state index contributed by atoms with van der Waals surface area (Å²) in [6.45, 7) is 0.608. The van der Waals surface area contributed by atoms with E-state index in [2.05, 4.69) is 0 Å². The average Bonchev–Trinajstić information content (AvgIpc) is 2.76. The van der Waals surface area contributed by atoms with Crippen molar-refractivity contribution in [1.29, 1.82) is 0 Å². The summed E-state index contributed by atoms with van der Waals surface area (Å²) in [5, 5.41) is 0. The summed E-state index contributed by atoms with van der Waals surface area (Å²) in [7, 11) is 0. The number of carbonyl (C=O) groups is 2. The second-order valence-corrected chi connectivity index (χ2v) is 4.08. The van der Waals surface area contributed by atoms with Gasteiger partial charge in [-0.2, -0.15) is 0 Å². The van der Waals surface area contributed by atoms with Crippen molar-refractivity contribution < 1.29 is 19.1 Å². The molecule has 1 aliphatic rings. The van der Waals surface area contributed by atoms with Gasteiger partial charge in [-0.3, -0.25) is 20.4 Å². The highest BCUT2D eigenvalue weighted by Crippen LogP contribution is 2.43. The van der Waals surface area contributed by atoms with E-state index in [0.717, 1.165) is 11.3 Å². The normalized spacial score (nSPS) is 13.1. The van der Waals surface area contributed by atoms with Crippen LogP contribution in [0, 0.1) is 0 Å². The van der Waals surface area contributed by atoms with Crippen LogP contribution in [-0.2, 0) is 0 Å². The lowest BCUT2D eigenvalue weighted by atomic mass is 10.3. The van der Waals surface area contributed by atoms with Crippen LogP contribution in [0.15, 0.2) is 0 Å². The predicted octanol–water partition coefficient (Wildman–Crippen LogP) is -1.27. The molecule has 0 aliphatic carbocycles. The van der Waals surface area contributed by atoms with Gasteiger partial charge in [0.25, 0.3) is 11.8 Å². The van der Waals surface area contributed by atoms with E-state index in [0.29, 0.717) is 13.2 Å². The Balaban J connectivity index is 2.51. The van der Waals surface area contributed by atoms with E-state index in [4.69, 9.17) is 21.2 Å². The standard InChI is InChI=1S/C8H10N4O4S/c9-11-7(13)5-3-4(16-2-1-15-3)6(17-5)8(14)12-10/h1-2,9-10H2,(H,11,13)(H,12,14). The number of nitrogen functional groups attached to an aromatic ring is 2. The largest absolute Gasteiger partial charge is 0.484 e. The number of hydrogen-bond acceptors (Lipinski definition) is 7. The fourth-order valence-corrected chi connectivity index (χ4v) is 2.38.